The molecule has 0 aromatic carbocycles. The van der Waals surface area contributed by atoms with Gasteiger partial charge in [-0.3, -0.25) is 9.89 Å². The van der Waals surface area contributed by atoms with E-state index in [1.54, 1.807) is 0 Å². The van der Waals surface area contributed by atoms with Crippen LogP contribution in [0, 0.1) is 5.92 Å². The van der Waals surface area contributed by atoms with Crippen LogP contribution in [0.4, 0.5) is 5.82 Å². The minimum atomic E-state index is 0.499. The number of aromatic nitrogens is 1. The van der Waals surface area contributed by atoms with Gasteiger partial charge in [-0.1, -0.05) is 26.7 Å². The monoisotopic (exact) mass is 390 g/mol. The summed E-state index contributed by atoms with van der Waals surface area (Å²) in [6.45, 7) is 9.89. The minimum Gasteiger partial charge on any atom is -0.379 e. The maximum atomic E-state index is 5.55. The minimum absolute atomic E-state index is 0.499. The maximum Gasteiger partial charge on any atom is 0.191 e. The van der Waals surface area contributed by atoms with Crippen molar-refractivity contribution in [1.29, 1.82) is 0 Å². The number of hydrogen-bond acceptors (Lipinski definition) is 5. The highest BCUT2D eigenvalue weighted by Gasteiger charge is 2.26. The third-order valence-electron chi connectivity index (χ3n) is 5.54. The lowest BCUT2D eigenvalue weighted by Crippen LogP contribution is -2.53. The van der Waals surface area contributed by atoms with Gasteiger partial charge in [0.1, 0.15) is 5.82 Å². The fraction of sp³-hybridized carbons (Fsp3) is 0.714. The topological polar surface area (TPSA) is 65.0 Å². The summed E-state index contributed by atoms with van der Waals surface area (Å²) in [6, 6.07) is 4.63. The van der Waals surface area contributed by atoms with E-state index in [0.717, 1.165) is 51.2 Å². The van der Waals surface area contributed by atoms with Gasteiger partial charge in [0.15, 0.2) is 5.96 Å². The molecule has 1 aliphatic rings. The number of aliphatic imine (C=N–C) groups is 1. The number of hydrogen-bond donors (Lipinski definition) is 2. The van der Waals surface area contributed by atoms with E-state index in [1.165, 1.54) is 18.4 Å². The standard InChI is InChI=1S/C21H38N6O/c1-6-18(7-2)19(27-10-12-28-13-11-27)16-25-21(22-3)24-15-17-8-9-23-20(14-17)26(4)5/h8-9,14,18-19H,6-7,10-13,15-16H2,1-5H3,(H2,22,24,25). The van der Waals surface area contributed by atoms with Crippen LogP contribution in [-0.2, 0) is 11.3 Å². The number of pyridine rings is 1. The molecule has 0 bridgehead atoms. The van der Waals surface area contributed by atoms with Gasteiger partial charge in [-0.25, -0.2) is 4.98 Å². The Hall–Kier alpha value is -1.86. The van der Waals surface area contributed by atoms with E-state index in [2.05, 4.69) is 45.4 Å². The Morgan fingerprint density at radius 1 is 1.25 bits per heavy atom. The molecule has 1 fully saturated rings. The van der Waals surface area contributed by atoms with Gasteiger partial charge in [-0.2, -0.15) is 0 Å². The highest BCUT2D eigenvalue weighted by Crippen LogP contribution is 2.19. The zero-order chi connectivity index (χ0) is 20.4. The fourth-order valence-electron chi connectivity index (χ4n) is 3.76. The van der Waals surface area contributed by atoms with Gasteiger partial charge in [-0.05, 0) is 23.6 Å². The van der Waals surface area contributed by atoms with Crippen LogP contribution in [0.2, 0.25) is 0 Å². The summed E-state index contributed by atoms with van der Waals surface area (Å²) in [5.41, 5.74) is 1.19. The molecule has 1 aromatic heterocycles. The Morgan fingerprint density at radius 3 is 2.57 bits per heavy atom. The van der Waals surface area contributed by atoms with Gasteiger partial charge in [0.25, 0.3) is 0 Å². The van der Waals surface area contributed by atoms with Gasteiger partial charge >= 0.3 is 0 Å². The molecular weight excluding hydrogens is 352 g/mol. The van der Waals surface area contributed by atoms with Crippen molar-refractivity contribution in [3.63, 3.8) is 0 Å². The fourth-order valence-corrected chi connectivity index (χ4v) is 3.76. The first-order chi connectivity index (χ1) is 13.6. The smallest absolute Gasteiger partial charge is 0.191 e. The molecule has 1 atom stereocenters. The SMILES string of the molecule is CCC(CC)C(CNC(=NC)NCc1ccnc(N(C)C)c1)N1CCOCC1. The predicted molar refractivity (Wildman–Crippen MR) is 117 cm³/mol. The molecule has 1 aromatic rings. The van der Waals surface area contributed by atoms with Crippen LogP contribution >= 0.6 is 0 Å². The second-order valence-electron chi connectivity index (χ2n) is 7.52. The van der Waals surface area contributed by atoms with Crippen molar-refractivity contribution in [3.05, 3.63) is 23.9 Å². The van der Waals surface area contributed by atoms with Gasteiger partial charge < -0.3 is 20.3 Å². The number of nitrogens with zero attached hydrogens (tertiary/aromatic N) is 4. The van der Waals surface area contributed by atoms with Crippen molar-refractivity contribution >= 4 is 11.8 Å². The average Bonchev–Trinajstić information content (AvgIpc) is 2.74. The zero-order valence-electron chi connectivity index (χ0n) is 18.2. The number of guanidine groups is 1. The molecule has 2 N–H and O–H groups in total. The van der Waals surface area contributed by atoms with E-state index in [-0.39, 0.29) is 0 Å². The van der Waals surface area contributed by atoms with Crippen molar-refractivity contribution in [2.24, 2.45) is 10.9 Å². The van der Waals surface area contributed by atoms with Crippen molar-refractivity contribution < 1.29 is 4.74 Å². The molecule has 0 saturated carbocycles. The lowest BCUT2D eigenvalue weighted by molar-refractivity contribution is 0.00272. The van der Waals surface area contributed by atoms with Crippen molar-refractivity contribution in [2.75, 3.05) is 58.9 Å². The summed E-state index contributed by atoms with van der Waals surface area (Å²) < 4.78 is 5.55. The van der Waals surface area contributed by atoms with Crippen LogP contribution in [-0.4, -0.2) is 75.9 Å². The Morgan fingerprint density at radius 2 is 1.96 bits per heavy atom. The summed E-state index contributed by atoms with van der Waals surface area (Å²) >= 11 is 0. The first kappa shape index (κ1) is 22.4. The number of ether oxygens (including phenoxy) is 1. The molecule has 2 rings (SSSR count). The van der Waals surface area contributed by atoms with Crippen molar-refractivity contribution in [2.45, 2.75) is 39.3 Å². The summed E-state index contributed by atoms with van der Waals surface area (Å²) in [5, 5.41) is 6.99. The summed E-state index contributed by atoms with van der Waals surface area (Å²) in [7, 11) is 5.83. The molecule has 0 amide bonds. The van der Waals surface area contributed by atoms with Crippen LogP contribution < -0.4 is 15.5 Å². The molecule has 7 heteroatoms. The van der Waals surface area contributed by atoms with E-state index in [1.807, 2.05) is 38.3 Å². The lowest BCUT2D eigenvalue weighted by Gasteiger charge is -2.39. The first-order valence-electron chi connectivity index (χ1n) is 10.5. The second-order valence-corrected chi connectivity index (χ2v) is 7.52. The normalized spacial score (nSPS) is 16.9. The molecule has 28 heavy (non-hydrogen) atoms. The average molecular weight is 391 g/mol. The number of rotatable bonds is 9. The molecule has 1 aliphatic heterocycles. The molecule has 158 valence electrons. The van der Waals surface area contributed by atoms with Gasteiger partial charge in [0.2, 0.25) is 0 Å². The zero-order valence-corrected chi connectivity index (χ0v) is 18.2. The molecule has 1 saturated heterocycles. The van der Waals surface area contributed by atoms with Gasteiger partial charge in [0, 0.05) is 59.6 Å². The van der Waals surface area contributed by atoms with Crippen molar-refractivity contribution in [3.8, 4) is 0 Å². The first-order valence-corrected chi connectivity index (χ1v) is 10.5. The third kappa shape index (κ3) is 6.63. The summed E-state index contributed by atoms with van der Waals surface area (Å²) in [6.07, 6.45) is 4.23. The van der Waals surface area contributed by atoms with Gasteiger partial charge in [-0.15, -0.1) is 0 Å². The van der Waals surface area contributed by atoms with E-state index < -0.39 is 0 Å². The summed E-state index contributed by atoms with van der Waals surface area (Å²) in [4.78, 5) is 13.4. The van der Waals surface area contributed by atoms with E-state index in [9.17, 15) is 0 Å². The quantitative estimate of drug-likeness (QED) is 0.496. The molecule has 1 unspecified atom stereocenters. The van der Waals surface area contributed by atoms with Gasteiger partial charge in [0.05, 0.1) is 13.2 Å². The lowest BCUT2D eigenvalue weighted by atomic mass is 9.92. The Balaban J connectivity index is 1.93. The number of morpholine rings is 1. The van der Waals surface area contributed by atoms with Crippen molar-refractivity contribution in [1.82, 2.24) is 20.5 Å². The highest BCUT2D eigenvalue weighted by atomic mass is 16.5. The Labute approximate surface area is 170 Å². The third-order valence-corrected chi connectivity index (χ3v) is 5.54. The molecule has 0 spiro atoms. The van der Waals surface area contributed by atoms with Crippen LogP contribution in [0.5, 0.6) is 0 Å². The van der Waals surface area contributed by atoms with E-state index in [4.69, 9.17) is 4.74 Å². The number of nitrogens with one attached hydrogen (secondary N) is 2. The molecule has 0 aliphatic carbocycles. The predicted octanol–water partition coefficient (Wildman–Crippen LogP) is 1.95. The Kier molecular flexibility index (Phi) is 9.50. The number of anilines is 1. The van der Waals surface area contributed by atoms with Crippen LogP contribution in [0.3, 0.4) is 0 Å². The van der Waals surface area contributed by atoms with E-state index in [0.29, 0.717) is 12.0 Å². The molecule has 2 heterocycles. The largest absolute Gasteiger partial charge is 0.379 e. The second kappa shape index (κ2) is 11.9. The highest BCUT2D eigenvalue weighted by molar-refractivity contribution is 5.79. The maximum absolute atomic E-state index is 5.55. The van der Waals surface area contributed by atoms with Crippen LogP contribution in [0.15, 0.2) is 23.3 Å². The van der Waals surface area contributed by atoms with Crippen LogP contribution in [0.1, 0.15) is 32.3 Å². The molecule has 7 nitrogen and oxygen atoms in total. The van der Waals surface area contributed by atoms with Crippen LogP contribution in [0.25, 0.3) is 0 Å². The molecular formula is C21H38N6O. The Bertz CT molecular complexity index is 596. The summed E-state index contributed by atoms with van der Waals surface area (Å²) in [5.74, 6) is 2.47. The van der Waals surface area contributed by atoms with E-state index >= 15 is 0 Å². The molecule has 0 radical (unpaired) electrons.